The summed E-state index contributed by atoms with van der Waals surface area (Å²) in [4.78, 5) is 15.6. The zero-order valence-corrected chi connectivity index (χ0v) is 10.5. The Hall–Kier alpha value is -2.57. The number of amides is 2. The number of aromatic nitrogens is 3. The maximum absolute atomic E-state index is 11.6. The molecule has 0 atom stereocenters. The molecule has 2 aromatic heterocycles. The van der Waals surface area contributed by atoms with Crippen LogP contribution in [0.4, 0.5) is 10.5 Å². The molecule has 0 saturated carbocycles. The molecular weight excluding hydrogens is 246 g/mol. The molecule has 2 rings (SSSR count). The fourth-order valence-electron chi connectivity index (χ4n) is 1.51. The Morgan fingerprint density at radius 3 is 3.05 bits per heavy atom. The van der Waals surface area contributed by atoms with Crippen molar-refractivity contribution in [2.45, 2.75) is 6.42 Å². The van der Waals surface area contributed by atoms with E-state index in [1.807, 2.05) is 0 Å². The number of rotatable bonds is 5. The molecular formula is C12H15N5O2. The Labute approximate surface area is 110 Å². The molecule has 2 amide bonds. The number of carbonyl (C=O) groups is 1. The summed E-state index contributed by atoms with van der Waals surface area (Å²) in [6, 6.07) is 1.42. The molecule has 0 unspecified atom stereocenters. The van der Waals surface area contributed by atoms with E-state index in [4.69, 9.17) is 4.74 Å². The predicted octanol–water partition coefficient (Wildman–Crippen LogP) is 1.18. The number of urea groups is 1. The van der Waals surface area contributed by atoms with Crippen LogP contribution in [0.15, 0.2) is 30.9 Å². The van der Waals surface area contributed by atoms with E-state index in [9.17, 15) is 4.79 Å². The Morgan fingerprint density at radius 1 is 1.42 bits per heavy atom. The standard InChI is InChI=1S/C12H15N5O2/c1-19-11-4-10(7-13-8-11)17-12(18)14-3-2-9-5-15-16-6-9/h4-8H,2-3H2,1H3,(H,15,16)(H2,14,17,18). The minimum Gasteiger partial charge on any atom is -0.495 e. The van der Waals surface area contributed by atoms with Gasteiger partial charge in [-0.1, -0.05) is 0 Å². The molecule has 0 bridgehead atoms. The average molecular weight is 261 g/mol. The molecule has 7 nitrogen and oxygen atoms in total. The molecule has 7 heteroatoms. The van der Waals surface area contributed by atoms with Gasteiger partial charge in [0.05, 0.1) is 31.4 Å². The number of anilines is 1. The maximum atomic E-state index is 11.6. The van der Waals surface area contributed by atoms with Gasteiger partial charge in [0.25, 0.3) is 0 Å². The second kappa shape index (κ2) is 6.39. The first-order valence-electron chi connectivity index (χ1n) is 5.79. The van der Waals surface area contributed by atoms with Crippen molar-refractivity contribution in [1.29, 1.82) is 0 Å². The van der Waals surface area contributed by atoms with Crippen LogP contribution in [0.2, 0.25) is 0 Å². The van der Waals surface area contributed by atoms with Crippen LogP contribution in [0.5, 0.6) is 5.75 Å². The summed E-state index contributed by atoms with van der Waals surface area (Å²) in [6.45, 7) is 0.531. The Morgan fingerprint density at radius 2 is 2.32 bits per heavy atom. The monoisotopic (exact) mass is 261 g/mol. The fourth-order valence-corrected chi connectivity index (χ4v) is 1.51. The van der Waals surface area contributed by atoms with Crippen molar-refractivity contribution < 1.29 is 9.53 Å². The molecule has 3 N–H and O–H groups in total. The topological polar surface area (TPSA) is 91.9 Å². The molecule has 0 spiro atoms. The Balaban J connectivity index is 1.77. The summed E-state index contributed by atoms with van der Waals surface area (Å²) < 4.78 is 5.02. The van der Waals surface area contributed by atoms with Crippen LogP contribution in [-0.2, 0) is 6.42 Å². The normalized spacial score (nSPS) is 9.95. The minimum atomic E-state index is -0.279. The minimum absolute atomic E-state index is 0.279. The first-order chi connectivity index (χ1) is 9.28. The Kier molecular flexibility index (Phi) is 4.33. The number of nitrogens with one attached hydrogen (secondary N) is 3. The van der Waals surface area contributed by atoms with Crippen LogP contribution >= 0.6 is 0 Å². The van der Waals surface area contributed by atoms with Crippen molar-refractivity contribution in [1.82, 2.24) is 20.5 Å². The smallest absolute Gasteiger partial charge is 0.319 e. The van der Waals surface area contributed by atoms with E-state index in [0.717, 1.165) is 12.0 Å². The lowest BCUT2D eigenvalue weighted by Gasteiger charge is -2.07. The van der Waals surface area contributed by atoms with Crippen molar-refractivity contribution in [2.75, 3.05) is 19.0 Å². The number of H-pyrrole nitrogens is 1. The highest BCUT2D eigenvalue weighted by molar-refractivity contribution is 5.89. The van der Waals surface area contributed by atoms with Crippen LogP contribution in [0.1, 0.15) is 5.56 Å². The van der Waals surface area contributed by atoms with Gasteiger partial charge < -0.3 is 15.4 Å². The van der Waals surface area contributed by atoms with Gasteiger partial charge in [-0.15, -0.1) is 0 Å². The van der Waals surface area contributed by atoms with E-state index in [2.05, 4.69) is 25.8 Å². The fraction of sp³-hybridized carbons (Fsp3) is 0.250. The maximum Gasteiger partial charge on any atom is 0.319 e. The lowest BCUT2D eigenvalue weighted by atomic mass is 10.2. The first-order valence-corrected chi connectivity index (χ1v) is 5.79. The van der Waals surface area contributed by atoms with Gasteiger partial charge in [0, 0.05) is 18.8 Å². The van der Waals surface area contributed by atoms with Crippen LogP contribution in [0.3, 0.4) is 0 Å². The van der Waals surface area contributed by atoms with E-state index >= 15 is 0 Å². The van der Waals surface area contributed by atoms with Gasteiger partial charge in [0.15, 0.2) is 0 Å². The molecule has 2 heterocycles. The van der Waals surface area contributed by atoms with Gasteiger partial charge in [-0.2, -0.15) is 5.10 Å². The summed E-state index contributed by atoms with van der Waals surface area (Å²) in [7, 11) is 1.55. The molecule has 19 heavy (non-hydrogen) atoms. The number of ether oxygens (including phenoxy) is 1. The van der Waals surface area contributed by atoms with Crippen molar-refractivity contribution in [3.63, 3.8) is 0 Å². The van der Waals surface area contributed by atoms with Crippen LogP contribution in [-0.4, -0.2) is 34.9 Å². The lowest BCUT2D eigenvalue weighted by Crippen LogP contribution is -2.30. The third kappa shape index (κ3) is 3.98. The first kappa shape index (κ1) is 12.9. The molecule has 0 fully saturated rings. The van der Waals surface area contributed by atoms with E-state index in [-0.39, 0.29) is 6.03 Å². The number of nitrogens with zero attached hydrogens (tertiary/aromatic N) is 2. The Bertz CT molecular complexity index is 527. The summed E-state index contributed by atoms with van der Waals surface area (Å²) >= 11 is 0. The average Bonchev–Trinajstić information content (AvgIpc) is 2.92. The highest BCUT2D eigenvalue weighted by atomic mass is 16.5. The molecule has 0 aliphatic heterocycles. The second-order valence-corrected chi connectivity index (χ2v) is 3.85. The van der Waals surface area contributed by atoms with Crippen molar-refractivity contribution in [2.24, 2.45) is 0 Å². The quantitative estimate of drug-likeness (QED) is 0.753. The van der Waals surface area contributed by atoms with Gasteiger partial charge in [-0.05, 0) is 12.0 Å². The van der Waals surface area contributed by atoms with E-state index in [0.29, 0.717) is 18.0 Å². The van der Waals surface area contributed by atoms with Crippen molar-refractivity contribution in [3.05, 3.63) is 36.4 Å². The molecule has 2 aromatic rings. The van der Waals surface area contributed by atoms with Gasteiger partial charge >= 0.3 is 6.03 Å². The summed E-state index contributed by atoms with van der Waals surface area (Å²) in [5.41, 5.74) is 1.63. The highest BCUT2D eigenvalue weighted by Crippen LogP contribution is 2.14. The van der Waals surface area contributed by atoms with Gasteiger partial charge in [0.1, 0.15) is 5.75 Å². The van der Waals surface area contributed by atoms with Crippen molar-refractivity contribution >= 4 is 11.7 Å². The third-order valence-electron chi connectivity index (χ3n) is 2.46. The predicted molar refractivity (Wildman–Crippen MR) is 70.1 cm³/mol. The van der Waals surface area contributed by atoms with Crippen LogP contribution < -0.4 is 15.4 Å². The van der Waals surface area contributed by atoms with Gasteiger partial charge in [0.2, 0.25) is 0 Å². The third-order valence-corrected chi connectivity index (χ3v) is 2.46. The lowest BCUT2D eigenvalue weighted by molar-refractivity contribution is 0.252. The second-order valence-electron chi connectivity index (χ2n) is 3.85. The van der Waals surface area contributed by atoms with Gasteiger partial charge in [-0.3, -0.25) is 10.1 Å². The number of aromatic amines is 1. The molecule has 100 valence electrons. The van der Waals surface area contributed by atoms with E-state index < -0.39 is 0 Å². The molecule has 0 aliphatic rings. The highest BCUT2D eigenvalue weighted by Gasteiger charge is 2.03. The summed E-state index contributed by atoms with van der Waals surface area (Å²) in [5.74, 6) is 0.594. The van der Waals surface area contributed by atoms with Crippen molar-refractivity contribution in [3.8, 4) is 5.75 Å². The SMILES string of the molecule is COc1cncc(NC(=O)NCCc2cn[nH]c2)c1. The number of hydrogen-bond acceptors (Lipinski definition) is 4. The zero-order valence-electron chi connectivity index (χ0n) is 10.5. The number of methoxy groups -OCH3 is 1. The largest absolute Gasteiger partial charge is 0.495 e. The number of carbonyl (C=O) groups excluding carboxylic acids is 1. The van der Waals surface area contributed by atoms with E-state index in [1.165, 1.54) is 0 Å². The van der Waals surface area contributed by atoms with Crippen LogP contribution in [0.25, 0.3) is 0 Å². The molecule has 0 radical (unpaired) electrons. The molecule has 0 aromatic carbocycles. The molecule has 0 aliphatic carbocycles. The number of hydrogen-bond donors (Lipinski definition) is 3. The van der Waals surface area contributed by atoms with Crippen LogP contribution in [0, 0.1) is 0 Å². The zero-order chi connectivity index (χ0) is 13.5. The number of pyridine rings is 1. The molecule has 0 saturated heterocycles. The summed E-state index contributed by atoms with van der Waals surface area (Å²) in [6.07, 6.45) is 7.37. The van der Waals surface area contributed by atoms with Gasteiger partial charge in [-0.25, -0.2) is 4.79 Å². The summed E-state index contributed by atoms with van der Waals surface area (Å²) in [5, 5.41) is 12.0. The van der Waals surface area contributed by atoms with E-state index in [1.54, 1.807) is 38.0 Å².